The molecular weight excluding hydrogens is 238 g/mol. The van der Waals surface area contributed by atoms with Gasteiger partial charge in [0.25, 0.3) is 0 Å². The maximum Gasteiger partial charge on any atom is 0.306 e. The lowest BCUT2D eigenvalue weighted by atomic mass is 9.83. The molecule has 0 amide bonds. The maximum atomic E-state index is 11.0. The number of carboxylic acid groups (broad SMARTS) is 1. The normalized spacial score (nSPS) is 24.1. The average molecular weight is 261 g/mol. The lowest BCUT2D eigenvalue weighted by Crippen LogP contribution is -2.19. The Hall–Kier alpha value is -1.35. The van der Waals surface area contributed by atoms with Gasteiger partial charge in [0.2, 0.25) is 0 Å². The topological polar surface area (TPSA) is 63.3 Å². The Morgan fingerprint density at radius 1 is 1.42 bits per heavy atom. The molecule has 2 rings (SSSR count). The molecule has 3 atom stereocenters. The number of benzene rings is 1. The van der Waals surface area contributed by atoms with E-state index in [1.54, 1.807) is 0 Å². The fraction of sp³-hybridized carbons (Fsp3) is 0.562. The summed E-state index contributed by atoms with van der Waals surface area (Å²) in [5.41, 5.74) is 9.85. The number of hydrogen-bond donors (Lipinski definition) is 2. The van der Waals surface area contributed by atoms with Gasteiger partial charge < -0.3 is 10.8 Å². The first kappa shape index (κ1) is 14.1. The Morgan fingerprint density at radius 3 is 2.53 bits per heavy atom. The molecule has 3 nitrogen and oxygen atoms in total. The average Bonchev–Trinajstić information content (AvgIpc) is 3.07. The minimum absolute atomic E-state index is 0.0813. The molecule has 0 spiro atoms. The molecule has 0 saturated heterocycles. The summed E-state index contributed by atoms with van der Waals surface area (Å²) in [6.07, 6.45) is 0.704. The molecular formula is C16H23NO2. The number of aliphatic carboxylic acids is 1. The first-order chi connectivity index (χ1) is 8.71. The summed E-state index contributed by atoms with van der Waals surface area (Å²) in [5, 5.41) is 9.02. The van der Waals surface area contributed by atoms with Crippen molar-refractivity contribution < 1.29 is 9.90 Å². The smallest absolute Gasteiger partial charge is 0.306 e. The van der Waals surface area contributed by atoms with E-state index < -0.39 is 5.97 Å². The SMILES string of the molecule is Cc1ccc(C(C)(C)C)cc1C(N)C1CC1C(=O)O. The molecule has 1 aromatic rings. The fourth-order valence-corrected chi connectivity index (χ4v) is 2.59. The van der Waals surface area contributed by atoms with E-state index in [2.05, 4.69) is 39.0 Å². The van der Waals surface area contributed by atoms with E-state index in [0.29, 0.717) is 6.42 Å². The van der Waals surface area contributed by atoms with E-state index in [1.165, 1.54) is 5.56 Å². The number of carboxylic acids is 1. The molecule has 1 aliphatic carbocycles. The Kier molecular flexibility index (Phi) is 3.43. The minimum Gasteiger partial charge on any atom is -0.481 e. The van der Waals surface area contributed by atoms with Gasteiger partial charge in [0.1, 0.15) is 0 Å². The molecule has 0 radical (unpaired) electrons. The highest BCUT2D eigenvalue weighted by molar-refractivity contribution is 5.73. The molecule has 0 aliphatic heterocycles. The summed E-state index contributed by atoms with van der Waals surface area (Å²) in [6, 6.07) is 6.21. The van der Waals surface area contributed by atoms with Gasteiger partial charge in [0.05, 0.1) is 5.92 Å². The van der Waals surface area contributed by atoms with Gasteiger partial charge in [-0.2, -0.15) is 0 Å². The largest absolute Gasteiger partial charge is 0.481 e. The zero-order valence-electron chi connectivity index (χ0n) is 12.1. The number of hydrogen-bond acceptors (Lipinski definition) is 2. The van der Waals surface area contributed by atoms with Crippen LogP contribution in [-0.4, -0.2) is 11.1 Å². The van der Waals surface area contributed by atoms with Gasteiger partial charge in [-0.1, -0.05) is 39.0 Å². The number of aryl methyl sites for hydroxylation is 1. The van der Waals surface area contributed by atoms with Crippen LogP contribution in [0.1, 0.15) is 49.9 Å². The lowest BCUT2D eigenvalue weighted by molar-refractivity contribution is -0.138. The lowest BCUT2D eigenvalue weighted by Gasteiger charge is -2.23. The Balaban J connectivity index is 2.27. The standard InChI is InChI=1S/C16H23NO2/c1-9-5-6-10(16(2,3)4)7-11(9)14(17)12-8-13(12)15(18)19/h5-7,12-14H,8,17H2,1-4H3,(H,18,19). The summed E-state index contributed by atoms with van der Waals surface area (Å²) >= 11 is 0. The molecule has 104 valence electrons. The van der Waals surface area contributed by atoms with Crippen LogP contribution in [0, 0.1) is 18.8 Å². The first-order valence-corrected chi connectivity index (χ1v) is 6.81. The molecule has 0 aromatic heterocycles. The van der Waals surface area contributed by atoms with Crippen LogP contribution in [0.25, 0.3) is 0 Å². The van der Waals surface area contributed by atoms with E-state index >= 15 is 0 Å². The van der Waals surface area contributed by atoms with Gasteiger partial charge in [0, 0.05) is 6.04 Å². The fourth-order valence-electron chi connectivity index (χ4n) is 2.59. The van der Waals surface area contributed by atoms with Crippen LogP contribution in [0.15, 0.2) is 18.2 Å². The second-order valence-electron chi connectivity index (χ2n) is 6.69. The van der Waals surface area contributed by atoms with Gasteiger partial charge in [-0.15, -0.1) is 0 Å². The van der Waals surface area contributed by atoms with E-state index in [1.807, 2.05) is 6.92 Å². The first-order valence-electron chi connectivity index (χ1n) is 6.81. The number of nitrogens with two attached hydrogens (primary N) is 1. The minimum atomic E-state index is -0.718. The van der Waals surface area contributed by atoms with Crippen LogP contribution in [0.3, 0.4) is 0 Å². The van der Waals surface area contributed by atoms with Crippen molar-refractivity contribution in [3.8, 4) is 0 Å². The zero-order chi connectivity index (χ0) is 14.4. The van der Waals surface area contributed by atoms with Gasteiger partial charge >= 0.3 is 5.97 Å². The van der Waals surface area contributed by atoms with Crippen LogP contribution in [0.2, 0.25) is 0 Å². The van der Waals surface area contributed by atoms with E-state index in [0.717, 1.165) is 11.1 Å². The highest BCUT2D eigenvalue weighted by Gasteiger charge is 2.47. The van der Waals surface area contributed by atoms with Crippen LogP contribution in [0.4, 0.5) is 0 Å². The molecule has 1 aliphatic rings. The monoisotopic (exact) mass is 261 g/mol. The predicted octanol–water partition coefficient (Wildman–Crippen LogP) is 3.01. The third-order valence-corrected chi connectivity index (χ3v) is 4.12. The summed E-state index contributed by atoms with van der Waals surface area (Å²) in [7, 11) is 0. The molecule has 0 bridgehead atoms. The van der Waals surface area contributed by atoms with Crippen molar-refractivity contribution in [3.63, 3.8) is 0 Å². The molecule has 1 aromatic carbocycles. The summed E-state index contributed by atoms with van der Waals surface area (Å²) < 4.78 is 0. The summed E-state index contributed by atoms with van der Waals surface area (Å²) in [4.78, 5) is 11.0. The maximum absolute atomic E-state index is 11.0. The van der Waals surface area contributed by atoms with Crippen molar-refractivity contribution in [2.75, 3.05) is 0 Å². The van der Waals surface area contributed by atoms with E-state index in [9.17, 15) is 4.79 Å². The second-order valence-corrected chi connectivity index (χ2v) is 6.69. The van der Waals surface area contributed by atoms with Crippen LogP contribution >= 0.6 is 0 Å². The van der Waals surface area contributed by atoms with Crippen molar-refractivity contribution in [1.29, 1.82) is 0 Å². The zero-order valence-corrected chi connectivity index (χ0v) is 12.1. The molecule has 3 N–H and O–H groups in total. The van der Waals surface area contributed by atoms with Gasteiger partial charge in [-0.25, -0.2) is 0 Å². The molecule has 19 heavy (non-hydrogen) atoms. The van der Waals surface area contributed by atoms with Crippen molar-refractivity contribution in [3.05, 3.63) is 34.9 Å². The highest BCUT2D eigenvalue weighted by Crippen LogP contribution is 2.47. The Bertz CT molecular complexity index is 502. The Labute approximate surface area is 114 Å². The van der Waals surface area contributed by atoms with Crippen LogP contribution in [-0.2, 0) is 10.2 Å². The molecule has 3 unspecified atom stereocenters. The van der Waals surface area contributed by atoms with Gasteiger partial charge in [0.15, 0.2) is 0 Å². The van der Waals surface area contributed by atoms with Crippen molar-refractivity contribution in [2.45, 2.75) is 45.6 Å². The second kappa shape index (κ2) is 4.64. The van der Waals surface area contributed by atoms with Crippen molar-refractivity contribution >= 4 is 5.97 Å². The van der Waals surface area contributed by atoms with Crippen molar-refractivity contribution in [1.82, 2.24) is 0 Å². The van der Waals surface area contributed by atoms with Crippen molar-refractivity contribution in [2.24, 2.45) is 17.6 Å². The predicted molar refractivity (Wildman–Crippen MR) is 76.0 cm³/mol. The summed E-state index contributed by atoms with van der Waals surface area (Å²) in [5.74, 6) is -0.885. The van der Waals surface area contributed by atoms with E-state index in [-0.39, 0.29) is 23.3 Å². The molecule has 0 heterocycles. The highest BCUT2D eigenvalue weighted by atomic mass is 16.4. The van der Waals surface area contributed by atoms with Crippen LogP contribution in [0.5, 0.6) is 0 Å². The quantitative estimate of drug-likeness (QED) is 0.879. The summed E-state index contributed by atoms with van der Waals surface area (Å²) in [6.45, 7) is 8.55. The number of carbonyl (C=O) groups is 1. The third kappa shape index (κ3) is 2.81. The Morgan fingerprint density at radius 2 is 2.05 bits per heavy atom. The number of rotatable bonds is 3. The third-order valence-electron chi connectivity index (χ3n) is 4.12. The molecule has 3 heteroatoms. The molecule has 1 saturated carbocycles. The van der Waals surface area contributed by atoms with E-state index in [4.69, 9.17) is 10.8 Å². The molecule has 1 fully saturated rings. The van der Waals surface area contributed by atoms with Gasteiger partial charge in [-0.05, 0) is 41.4 Å². The van der Waals surface area contributed by atoms with Gasteiger partial charge in [-0.3, -0.25) is 4.79 Å². The van der Waals surface area contributed by atoms with Crippen LogP contribution < -0.4 is 5.73 Å².